The Labute approximate surface area is 131 Å². The maximum Gasteiger partial charge on any atom is 0.326 e. The normalized spacial score (nSPS) is 18.2. The van der Waals surface area contributed by atoms with Gasteiger partial charge in [0, 0.05) is 5.56 Å². The molecule has 1 amide bonds. The van der Waals surface area contributed by atoms with E-state index in [-0.39, 0.29) is 4.32 Å². The number of amides is 1. The zero-order chi connectivity index (χ0) is 15.6. The van der Waals surface area contributed by atoms with Crippen LogP contribution >= 0.6 is 24.0 Å². The number of benzene rings is 1. The van der Waals surface area contributed by atoms with E-state index in [9.17, 15) is 9.59 Å². The van der Waals surface area contributed by atoms with Crippen LogP contribution in [0.15, 0.2) is 29.2 Å². The lowest BCUT2D eigenvalue weighted by atomic mass is 10.2. The van der Waals surface area contributed by atoms with Gasteiger partial charge in [0.15, 0.2) is 0 Å². The first kappa shape index (κ1) is 15.5. The number of carboxylic acid groups (broad SMARTS) is 1. The number of carbonyl (C=O) groups is 2. The van der Waals surface area contributed by atoms with Crippen LogP contribution in [0.1, 0.15) is 12.5 Å². The smallest absolute Gasteiger partial charge is 0.326 e. The van der Waals surface area contributed by atoms with Crippen molar-refractivity contribution in [2.24, 2.45) is 0 Å². The zero-order valence-corrected chi connectivity index (χ0v) is 13.0. The quantitative estimate of drug-likeness (QED) is 0.678. The first-order valence-electron chi connectivity index (χ1n) is 6.08. The molecule has 1 atom stereocenters. The van der Waals surface area contributed by atoms with E-state index in [0.717, 1.165) is 22.2 Å². The molecular formula is C14H13NO4S2. The van der Waals surface area contributed by atoms with E-state index in [2.05, 4.69) is 0 Å². The molecule has 1 aromatic carbocycles. The molecule has 0 bridgehead atoms. The van der Waals surface area contributed by atoms with Crippen molar-refractivity contribution in [1.29, 1.82) is 0 Å². The van der Waals surface area contributed by atoms with Crippen molar-refractivity contribution in [2.75, 3.05) is 7.11 Å². The number of para-hydroxylation sites is 1. The third-order valence-corrected chi connectivity index (χ3v) is 4.32. The third kappa shape index (κ3) is 3.08. The molecule has 1 unspecified atom stereocenters. The molecule has 5 nitrogen and oxygen atoms in total. The molecule has 1 N–H and O–H groups in total. The molecule has 1 aliphatic heterocycles. The van der Waals surface area contributed by atoms with Crippen LogP contribution < -0.4 is 4.74 Å². The Hall–Kier alpha value is -1.86. The average Bonchev–Trinajstić information content (AvgIpc) is 2.73. The second-order valence-electron chi connectivity index (χ2n) is 4.31. The minimum Gasteiger partial charge on any atom is -0.496 e. The van der Waals surface area contributed by atoms with Gasteiger partial charge < -0.3 is 9.84 Å². The van der Waals surface area contributed by atoms with Gasteiger partial charge in [-0.15, -0.1) is 0 Å². The van der Waals surface area contributed by atoms with E-state index in [4.69, 9.17) is 22.1 Å². The molecule has 0 saturated carbocycles. The van der Waals surface area contributed by atoms with Gasteiger partial charge >= 0.3 is 5.97 Å². The van der Waals surface area contributed by atoms with Gasteiger partial charge in [-0.3, -0.25) is 9.69 Å². The highest BCUT2D eigenvalue weighted by molar-refractivity contribution is 8.26. The monoisotopic (exact) mass is 323 g/mol. The first-order valence-corrected chi connectivity index (χ1v) is 7.31. The number of carbonyl (C=O) groups excluding carboxylic acids is 1. The van der Waals surface area contributed by atoms with Crippen LogP contribution in [0.2, 0.25) is 0 Å². The lowest BCUT2D eigenvalue weighted by Gasteiger charge is -2.18. The Morgan fingerprint density at radius 2 is 2.14 bits per heavy atom. The molecule has 0 aliphatic carbocycles. The maximum atomic E-state index is 12.3. The third-order valence-electron chi connectivity index (χ3n) is 2.99. The van der Waals surface area contributed by atoms with Gasteiger partial charge in [0.05, 0.1) is 12.0 Å². The fraction of sp³-hybridized carbons (Fsp3) is 0.214. The standard InChI is InChI=1S/C14H13NO4S2/c1-8(13(17)18)15-12(16)11(21-14(15)20)7-9-5-3-4-6-10(9)19-2/h3-8H,1-2H3,(H,17,18). The fourth-order valence-corrected chi connectivity index (χ4v) is 3.26. The van der Waals surface area contributed by atoms with Crippen LogP contribution in [0, 0.1) is 0 Å². The van der Waals surface area contributed by atoms with Crippen LogP contribution in [0.3, 0.4) is 0 Å². The second kappa shape index (κ2) is 6.28. The summed E-state index contributed by atoms with van der Waals surface area (Å²) in [6.45, 7) is 1.43. The summed E-state index contributed by atoms with van der Waals surface area (Å²) >= 11 is 6.19. The Morgan fingerprint density at radius 1 is 1.48 bits per heavy atom. The van der Waals surface area contributed by atoms with Crippen molar-refractivity contribution in [3.63, 3.8) is 0 Å². The highest BCUT2D eigenvalue weighted by Crippen LogP contribution is 2.35. The summed E-state index contributed by atoms with van der Waals surface area (Å²) in [5.41, 5.74) is 0.739. The van der Waals surface area contributed by atoms with Crippen molar-refractivity contribution < 1.29 is 19.4 Å². The Balaban J connectivity index is 2.34. The van der Waals surface area contributed by atoms with Gasteiger partial charge in [-0.2, -0.15) is 0 Å². The van der Waals surface area contributed by atoms with Gasteiger partial charge in [0.2, 0.25) is 0 Å². The Kier molecular flexibility index (Phi) is 4.64. The summed E-state index contributed by atoms with van der Waals surface area (Å²) in [5.74, 6) is -0.857. The van der Waals surface area contributed by atoms with Crippen LogP contribution in [0.25, 0.3) is 6.08 Å². The molecule has 1 aromatic rings. The summed E-state index contributed by atoms with van der Waals surface area (Å²) in [6.07, 6.45) is 1.66. The summed E-state index contributed by atoms with van der Waals surface area (Å²) in [6, 6.07) is 6.27. The lowest BCUT2D eigenvalue weighted by Crippen LogP contribution is -2.41. The topological polar surface area (TPSA) is 66.8 Å². The van der Waals surface area contributed by atoms with Crippen molar-refractivity contribution in [3.05, 3.63) is 34.7 Å². The number of carboxylic acids is 1. The van der Waals surface area contributed by atoms with Crippen LogP contribution in [0.5, 0.6) is 5.75 Å². The summed E-state index contributed by atoms with van der Waals surface area (Å²) < 4.78 is 5.47. The number of rotatable bonds is 4. The molecule has 1 fully saturated rings. The summed E-state index contributed by atoms with van der Waals surface area (Å²) in [4.78, 5) is 24.9. The Bertz CT molecular complexity index is 642. The van der Waals surface area contributed by atoms with Gasteiger partial charge in [0.1, 0.15) is 16.1 Å². The highest BCUT2D eigenvalue weighted by Gasteiger charge is 2.38. The number of thioether (sulfide) groups is 1. The van der Waals surface area contributed by atoms with Crippen LogP contribution in [0.4, 0.5) is 0 Å². The minimum atomic E-state index is -1.09. The van der Waals surface area contributed by atoms with Gasteiger partial charge in [-0.1, -0.05) is 42.2 Å². The predicted molar refractivity (Wildman–Crippen MR) is 85.1 cm³/mol. The maximum absolute atomic E-state index is 12.3. The molecule has 0 radical (unpaired) electrons. The number of thiocarbonyl (C=S) groups is 1. The van der Waals surface area contributed by atoms with E-state index < -0.39 is 17.9 Å². The second-order valence-corrected chi connectivity index (χ2v) is 5.98. The molecule has 2 rings (SSSR count). The van der Waals surface area contributed by atoms with E-state index >= 15 is 0 Å². The molecule has 110 valence electrons. The number of hydrogen-bond donors (Lipinski definition) is 1. The molecule has 0 spiro atoms. The van der Waals surface area contributed by atoms with Gasteiger partial charge in [0.25, 0.3) is 5.91 Å². The Morgan fingerprint density at radius 3 is 2.76 bits per heavy atom. The zero-order valence-electron chi connectivity index (χ0n) is 11.4. The molecule has 1 saturated heterocycles. The molecule has 21 heavy (non-hydrogen) atoms. The van der Waals surface area contributed by atoms with Crippen molar-refractivity contribution in [1.82, 2.24) is 4.90 Å². The molecule has 0 aromatic heterocycles. The van der Waals surface area contributed by atoms with Crippen molar-refractivity contribution in [2.45, 2.75) is 13.0 Å². The van der Waals surface area contributed by atoms with Gasteiger partial charge in [-0.25, -0.2) is 4.79 Å². The van der Waals surface area contributed by atoms with E-state index in [0.29, 0.717) is 10.7 Å². The van der Waals surface area contributed by atoms with Crippen LogP contribution in [-0.2, 0) is 9.59 Å². The number of hydrogen-bond acceptors (Lipinski definition) is 5. The number of nitrogens with zero attached hydrogens (tertiary/aromatic N) is 1. The van der Waals surface area contributed by atoms with E-state index in [1.807, 2.05) is 18.2 Å². The van der Waals surface area contributed by atoms with Crippen LogP contribution in [-0.4, -0.2) is 39.4 Å². The largest absolute Gasteiger partial charge is 0.496 e. The van der Waals surface area contributed by atoms with Gasteiger partial charge in [-0.05, 0) is 19.1 Å². The SMILES string of the molecule is COc1ccccc1C=C1SC(=S)N(C(C)C(=O)O)C1=O. The predicted octanol–water partition coefficient (Wildman–Crippen LogP) is 2.37. The van der Waals surface area contributed by atoms with Crippen molar-refractivity contribution >= 4 is 46.3 Å². The number of methoxy groups -OCH3 is 1. The summed E-state index contributed by atoms with van der Waals surface area (Å²) in [5, 5.41) is 9.03. The van der Waals surface area contributed by atoms with E-state index in [1.165, 1.54) is 6.92 Å². The lowest BCUT2D eigenvalue weighted by molar-refractivity contribution is -0.144. The van der Waals surface area contributed by atoms with Crippen molar-refractivity contribution in [3.8, 4) is 5.75 Å². The molecule has 7 heteroatoms. The molecule has 1 heterocycles. The molecule has 1 aliphatic rings. The number of ether oxygens (including phenoxy) is 1. The average molecular weight is 323 g/mol. The fourth-order valence-electron chi connectivity index (χ4n) is 1.85. The minimum absolute atomic E-state index is 0.246. The first-order chi connectivity index (χ1) is 9.95. The molecular weight excluding hydrogens is 310 g/mol. The van der Waals surface area contributed by atoms with E-state index in [1.54, 1.807) is 19.3 Å². The number of aliphatic carboxylic acids is 1. The summed E-state index contributed by atoms with van der Waals surface area (Å²) in [7, 11) is 1.55. The highest BCUT2D eigenvalue weighted by atomic mass is 32.2.